The van der Waals surface area contributed by atoms with E-state index in [-0.39, 0.29) is 11.8 Å². The SMILES string of the molecule is CC(=O)Nc1ccc(Nc2cc(C(=O)N3CCCCCC3)ncn2)cc1. The van der Waals surface area contributed by atoms with Crippen LogP contribution in [0.4, 0.5) is 17.2 Å². The Morgan fingerprint density at radius 1 is 0.962 bits per heavy atom. The molecule has 0 spiro atoms. The summed E-state index contributed by atoms with van der Waals surface area (Å²) in [6.45, 7) is 3.04. The van der Waals surface area contributed by atoms with Crippen LogP contribution < -0.4 is 10.6 Å². The van der Waals surface area contributed by atoms with Crippen molar-refractivity contribution in [1.82, 2.24) is 14.9 Å². The van der Waals surface area contributed by atoms with Crippen LogP contribution >= 0.6 is 0 Å². The number of anilines is 3. The third-order valence-corrected chi connectivity index (χ3v) is 4.26. The van der Waals surface area contributed by atoms with Crippen molar-refractivity contribution in [2.75, 3.05) is 23.7 Å². The van der Waals surface area contributed by atoms with Crippen LogP contribution in [-0.4, -0.2) is 39.8 Å². The Bertz CT molecular complexity index is 768. The van der Waals surface area contributed by atoms with Crippen molar-refractivity contribution in [2.24, 2.45) is 0 Å². The lowest BCUT2D eigenvalue weighted by molar-refractivity contribution is -0.114. The Balaban J connectivity index is 1.68. The number of carbonyl (C=O) groups excluding carboxylic acids is 2. The van der Waals surface area contributed by atoms with Crippen LogP contribution in [0.1, 0.15) is 43.1 Å². The molecule has 1 saturated heterocycles. The lowest BCUT2D eigenvalue weighted by Crippen LogP contribution is -2.32. The van der Waals surface area contributed by atoms with E-state index in [1.54, 1.807) is 18.2 Å². The second kappa shape index (κ2) is 8.42. The van der Waals surface area contributed by atoms with E-state index in [1.807, 2.05) is 17.0 Å². The third-order valence-electron chi connectivity index (χ3n) is 4.26. The van der Waals surface area contributed by atoms with E-state index >= 15 is 0 Å². The number of amides is 2. The summed E-state index contributed by atoms with van der Waals surface area (Å²) in [5, 5.41) is 5.88. The van der Waals surface area contributed by atoms with Gasteiger partial charge in [-0.3, -0.25) is 9.59 Å². The van der Waals surface area contributed by atoms with Crippen molar-refractivity contribution < 1.29 is 9.59 Å². The van der Waals surface area contributed by atoms with Gasteiger partial charge in [-0.2, -0.15) is 0 Å². The molecule has 1 fully saturated rings. The molecule has 2 aromatic rings. The van der Waals surface area contributed by atoms with Gasteiger partial charge >= 0.3 is 0 Å². The Morgan fingerprint density at radius 2 is 1.62 bits per heavy atom. The molecule has 0 radical (unpaired) electrons. The first kappa shape index (κ1) is 17.8. The van der Waals surface area contributed by atoms with Crippen molar-refractivity contribution in [3.63, 3.8) is 0 Å². The molecule has 26 heavy (non-hydrogen) atoms. The van der Waals surface area contributed by atoms with Crippen molar-refractivity contribution in [3.8, 4) is 0 Å². The lowest BCUT2D eigenvalue weighted by Gasteiger charge is -2.19. The molecule has 2 amide bonds. The van der Waals surface area contributed by atoms with E-state index in [4.69, 9.17) is 0 Å². The number of hydrogen-bond donors (Lipinski definition) is 2. The summed E-state index contributed by atoms with van der Waals surface area (Å²) < 4.78 is 0. The maximum atomic E-state index is 12.7. The van der Waals surface area contributed by atoms with Crippen LogP contribution in [0.5, 0.6) is 0 Å². The molecular weight excluding hydrogens is 330 g/mol. The maximum Gasteiger partial charge on any atom is 0.272 e. The zero-order chi connectivity index (χ0) is 18.4. The van der Waals surface area contributed by atoms with Gasteiger partial charge in [0.25, 0.3) is 5.91 Å². The number of likely N-dealkylation sites (tertiary alicyclic amines) is 1. The topological polar surface area (TPSA) is 87.2 Å². The average molecular weight is 353 g/mol. The van der Waals surface area contributed by atoms with Crippen molar-refractivity contribution in [1.29, 1.82) is 0 Å². The zero-order valence-corrected chi connectivity index (χ0v) is 14.9. The molecule has 2 heterocycles. The Kier molecular flexibility index (Phi) is 5.78. The maximum absolute atomic E-state index is 12.7. The minimum Gasteiger partial charge on any atom is -0.340 e. The van der Waals surface area contributed by atoms with E-state index in [0.717, 1.165) is 37.3 Å². The highest BCUT2D eigenvalue weighted by atomic mass is 16.2. The van der Waals surface area contributed by atoms with Gasteiger partial charge in [0.1, 0.15) is 17.8 Å². The Morgan fingerprint density at radius 3 is 2.27 bits per heavy atom. The van der Waals surface area contributed by atoms with Gasteiger partial charge < -0.3 is 15.5 Å². The molecule has 7 heteroatoms. The van der Waals surface area contributed by atoms with Gasteiger partial charge in [-0.15, -0.1) is 0 Å². The normalized spacial score (nSPS) is 14.4. The van der Waals surface area contributed by atoms with Gasteiger partial charge in [-0.25, -0.2) is 9.97 Å². The summed E-state index contributed by atoms with van der Waals surface area (Å²) in [7, 11) is 0. The average Bonchev–Trinajstić information content (AvgIpc) is 2.92. The summed E-state index contributed by atoms with van der Waals surface area (Å²) in [5.74, 6) is 0.405. The van der Waals surface area contributed by atoms with Gasteiger partial charge in [-0.1, -0.05) is 12.8 Å². The Labute approximate surface area is 152 Å². The molecule has 0 atom stereocenters. The zero-order valence-electron chi connectivity index (χ0n) is 14.9. The van der Waals surface area contributed by atoms with E-state index in [2.05, 4.69) is 20.6 Å². The molecule has 1 aliphatic rings. The number of rotatable bonds is 4. The number of nitrogens with one attached hydrogen (secondary N) is 2. The predicted molar refractivity (Wildman–Crippen MR) is 100 cm³/mol. The molecule has 0 unspecified atom stereocenters. The number of carbonyl (C=O) groups is 2. The summed E-state index contributed by atoms with van der Waals surface area (Å²) in [6, 6.07) is 8.95. The van der Waals surface area contributed by atoms with Gasteiger partial charge in [0.2, 0.25) is 5.91 Å². The standard InChI is InChI=1S/C19H23N5O2/c1-14(25)22-15-6-8-16(9-7-15)23-18-12-17(20-13-21-18)19(26)24-10-4-2-3-5-11-24/h6-9,12-13H,2-5,10-11H2,1H3,(H,22,25)(H,20,21,23). The third kappa shape index (κ3) is 4.78. The molecule has 0 aliphatic carbocycles. The van der Waals surface area contributed by atoms with Gasteiger partial charge in [0.15, 0.2) is 0 Å². The number of nitrogens with zero attached hydrogens (tertiary/aromatic N) is 3. The number of benzene rings is 1. The van der Waals surface area contributed by atoms with Crippen LogP contribution in [0.15, 0.2) is 36.7 Å². The summed E-state index contributed by atoms with van der Waals surface area (Å²) >= 11 is 0. The highest BCUT2D eigenvalue weighted by molar-refractivity contribution is 5.93. The van der Waals surface area contributed by atoms with Gasteiger partial charge in [0, 0.05) is 37.5 Å². The van der Waals surface area contributed by atoms with Crippen LogP contribution in [-0.2, 0) is 4.79 Å². The van der Waals surface area contributed by atoms with Crippen molar-refractivity contribution in [2.45, 2.75) is 32.6 Å². The molecule has 136 valence electrons. The van der Waals surface area contributed by atoms with E-state index in [1.165, 1.54) is 26.1 Å². The van der Waals surface area contributed by atoms with Crippen LogP contribution in [0.3, 0.4) is 0 Å². The van der Waals surface area contributed by atoms with E-state index in [9.17, 15) is 9.59 Å². The first-order valence-corrected chi connectivity index (χ1v) is 8.88. The van der Waals surface area contributed by atoms with E-state index in [0.29, 0.717) is 11.5 Å². The minimum absolute atomic E-state index is 0.0432. The number of aromatic nitrogens is 2. The summed E-state index contributed by atoms with van der Waals surface area (Å²) in [4.78, 5) is 33.9. The first-order valence-electron chi connectivity index (χ1n) is 8.88. The molecule has 2 N–H and O–H groups in total. The monoisotopic (exact) mass is 353 g/mol. The second-order valence-electron chi connectivity index (χ2n) is 6.38. The first-order chi connectivity index (χ1) is 12.6. The quantitative estimate of drug-likeness (QED) is 0.881. The fraction of sp³-hybridized carbons (Fsp3) is 0.368. The lowest BCUT2D eigenvalue weighted by atomic mass is 10.2. The molecular formula is C19H23N5O2. The number of hydrogen-bond acceptors (Lipinski definition) is 5. The largest absolute Gasteiger partial charge is 0.340 e. The van der Waals surface area contributed by atoms with E-state index < -0.39 is 0 Å². The predicted octanol–water partition coefficient (Wildman–Crippen LogP) is 3.19. The molecule has 0 saturated carbocycles. The molecule has 1 aromatic heterocycles. The molecule has 7 nitrogen and oxygen atoms in total. The fourth-order valence-electron chi connectivity index (χ4n) is 2.97. The van der Waals surface area contributed by atoms with Crippen LogP contribution in [0.25, 0.3) is 0 Å². The Hall–Kier alpha value is -2.96. The fourth-order valence-corrected chi connectivity index (χ4v) is 2.97. The molecule has 3 rings (SSSR count). The van der Waals surface area contributed by atoms with Crippen LogP contribution in [0, 0.1) is 0 Å². The van der Waals surface area contributed by atoms with Crippen molar-refractivity contribution >= 4 is 29.0 Å². The summed E-state index contributed by atoms with van der Waals surface area (Å²) in [5.41, 5.74) is 1.94. The second-order valence-corrected chi connectivity index (χ2v) is 6.38. The highest BCUT2D eigenvalue weighted by Crippen LogP contribution is 2.19. The highest BCUT2D eigenvalue weighted by Gasteiger charge is 2.18. The van der Waals surface area contributed by atoms with Gasteiger partial charge in [-0.05, 0) is 37.1 Å². The molecule has 1 aromatic carbocycles. The molecule has 1 aliphatic heterocycles. The van der Waals surface area contributed by atoms with Crippen molar-refractivity contribution in [3.05, 3.63) is 42.4 Å². The molecule has 0 bridgehead atoms. The van der Waals surface area contributed by atoms with Crippen LogP contribution in [0.2, 0.25) is 0 Å². The smallest absolute Gasteiger partial charge is 0.272 e. The minimum atomic E-state index is -0.113. The summed E-state index contributed by atoms with van der Waals surface area (Å²) in [6.07, 6.45) is 5.84. The van der Waals surface area contributed by atoms with Gasteiger partial charge in [0.05, 0.1) is 0 Å².